The van der Waals surface area contributed by atoms with E-state index in [1.54, 1.807) is 34.4 Å². The Bertz CT molecular complexity index is 1260. The molecule has 0 saturated carbocycles. The number of anilines is 3. The van der Waals surface area contributed by atoms with Crippen LogP contribution in [0.4, 0.5) is 21.6 Å². The van der Waals surface area contributed by atoms with Crippen molar-refractivity contribution in [3.63, 3.8) is 0 Å². The summed E-state index contributed by atoms with van der Waals surface area (Å²) in [6, 6.07) is 7.83. The van der Waals surface area contributed by atoms with Gasteiger partial charge in [-0.15, -0.1) is 0 Å². The lowest BCUT2D eigenvalue weighted by Crippen LogP contribution is -2.51. The van der Waals surface area contributed by atoms with Gasteiger partial charge in [0.1, 0.15) is 5.82 Å². The SMILES string of the molecule is C[C@@H]1COCCN1c1cc(N2CCN(c3cccnc3)C(F)C2)c2cnn(-c3ccn[nH]3)c2n1. The quantitative estimate of drug-likeness (QED) is 0.462. The molecule has 4 aromatic rings. The molecule has 2 fully saturated rings. The van der Waals surface area contributed by atoms with Crippen LogP contribution in [-0.4, -0.2) is 81.7 Å². The van der Waals surface area contributed by atoms with Crippen LogP contribution in [0, 0.1) is 0 Å². The minimum absolute atomic E-state index is 0.187. The van der Waals surface area contributed by atoms with Gasteiger partial charge in [0.2, 0.25) is 0 Å². The maximum absolute atomic E-state index is 15.4. The van der Waals surface area contributed by atoms with Crippen molar-refractivity contribution in [2.45, 2.75) is 19.3 Å². The molecule has 11 heteroatoms. The van der Waals surface area contributed by atoms with Crippen LogP contribution in [0.3, 0.4) is 0 Å². The van der Waals surface area contributed by atoms with Gasteiger partial charge in [0.25, 0.3) is 0 Å². The molecule has 6 rings (SSSR count). The molecule has 2 saturated heterocycles. The molecule has 6 heterocycles. The molecule has 1 unspecified atom stereocenters. The number of piperazine rings is 1. The number of hydrogen-bond acceptors (Lipinski definition) is 8. The Balaban J connectivity index is 1.40. The van der Waals surface area contributed by atoms with Crippen molar-refractivity contribution in [3.8, 4) is 5.82 Å². The van der Waals surface area contributed by atoms with Crippen molar-refractivity contribution in [1.29, 1.82) is 0 Å². The molecule has 0 amide bonds. The molecule has 0 aromatic carbocycles. The third-order valence-corrected chi connectivity index (χ3v) is 6.52. The number of aromatic amines is 1. The molecule has 2 atom stereocenters. The number of nitrogens with zero attached hydrogens (tertiary/aromatic N) is 8. The molecular weight excluding hydrogens is 437 g/mol. The Morgan fingerprint density at radius 1 is 1.12 bits per heavy atom. The summed E-state index contributed by atoms with van der Waals surface area (Å²) in [4.78, 5) is 15.2. The Labute approximate surface area is 196 Å². The third kappa shape index (κ3) is 3.61. The van der Waals surface area contributed by atoms with Crippen LogP contribution in [0.15, 0.2) is 49.1 Å². The van der Waals surface area contributed by atoms with Crippen LogP contribution in [-0.2, 0) is 4.74 Å². The average molecular weight is 464 g/mol. The normalized spacial score (nSPS) is 21.4. The van der Waals surface area contributed by atoms with Gasteiger partial charge in [-0.25, -0.2) is 9.37 Å². The number of fused-ring (bicyclic) bond motifs is 1. The van der Waals surface area contributed by atoms with Gasteiger partial charge in [-0.1, -0.05) is 0 Å². The summed E-state index contributed by atoms with van der Waals surface area (Å²) >= 11 is 0. The molecule has 0 aliphatic carbocycles. The van der Waals surface area contributed by atoms with Gasteiger partial charge < -0.3 is 19.4 Å². The van der Waals surface area contributed by atoms with E-state index in [1.165, 1.54) is 0 Å². The summed E-state index contributed by atoms with van der Waals surface area (Å²) < 4.78 is 22.8. The number of rotatable bonds is 4. The van der Waals surface area contributed by atoms with Crippen molar-refractivity contribution >= 4 is 28.2 Å². The molecule has 4 aromatic heterocycles. The Morgan fingerprint density at radius 2 is 2.06 bits per heavy atom. The molecular formula is C23H26FN9O. The fourth-order valence-electron chi connectivity index (χ4n) is 4.76. The largest absolute Gasteiger partial charge is 0.377 e. The van der Waals surface area contributed by atoms with Gasteiger partial charge >= 0.3 is 0 Å². The molecule has 0 bridgehead atoms. The fraction of sp³-hybridized carbons (Fsp3) is 0.391. The van der Waals surface area contributed by atoms with Gasteiger partial charge in [0.15, 0.2) is 17.8 Å². The number of aromatic nitrogens is 6. The Kier molecular flexibility index (Phi) is 5.25. The maximum atomic E-state index is 15.4. The summed E-state index contributed by atoms with van der Waals surface area (Å²) in [7, 11) is 0. The van der Waals surface area contributed by atoms with E-state index in [9.17, 15) is 0 Å². The topological polar surface area (TPSA) is 91.2 Å². The number of hydrogen-bond donors (Lipinski definition) is 1. The fourth-order valence-corrected chi connectivity index (χ4v) is 4.76. The summed E-state index contributed by atoms with van der Waals surface area (Å²) in [5, 5.41) is 12.5. The predicted octanol–water partition coefficient (Wildman–Crippen LogP) is 2.39. The van der Waals surface area contributed by atoms with E-state index >= 15 is 4.39 Å². The molecule has 2 aliphatic heterocycles. The standard InChI is InChI=1S/C23H26FN9O/c1-16-15-34-10-9-31(16)22-11-19(18-13-27-33(23(18)28-22)21-4-6-26-29-21)30-7-8-32(20(24)14-30)17-3-2-5-25-12-17/h2-6,11-13,16,20H,7-10,14-15H2,1H3,(H,26,29)/t16-,20?/m1/s1. The maximum Gasteiger partial charge on any atom is 0.190 e. The zero-order valence-corrected chi connectivity index (χ0v) is 18.9. The minimum atomic E-state index is -1.16. The Morgan fingerprint density at radius 3 is 2.82 bits per heavy atom. The number of morpholine rings is 1. The molecule has 0 spiro atoms. The second-order valence-electron chi connectivity index (χ2n) is 8.64. The lowest BCUT2D eigenvalue weighted by molar-refractivity contribution is 0.0985. The number of ether oxygens (including phenoxy) is 1. The van der Waals surface area contributed by atoms with Crippen molar-refractivity contribution in [3.05, 3.63) is 49.1 Å². The second-order valence-corrected chi connectivity index (χ2v) is 8.64. The molecule has 176 valence electrons. The molecule has 34 heavy (non-hydrogen) atoms. The lowest BCUT2D eigenvalue weighted by atomic mass is 10.2. The molecule has 1 N–H and O–H groups in total. The number of pyridine rings is 2. The third-order valence-electron chi connectivity index (χ3n) is 6.52. The van der Waals surface area contributed by atoms with E-state index < -0.39 is 6.30 Å². The first-order chi connectivity index (χ1) is 16.7. The number of nitrogens with one attached hydrogen (secondary N) is 1. The lowest BCUT2D eigenvalue weighted by Gasteiger charge is -2.40. The van der Waals surface area contributed by atoms with Crippen molar-refractivity contribution in [2.24, 2.45) is 0 Å². The number of halogens is 1. The first-order valence-electron chi connectivity index (χ1n) is 11.5. The summed E-state index contributed by atoms with van der Waals surface area (Å²) in [6.07, 6.45) is 5.73. The van der Waals surface area contributed by atoms with Gasteiger partial charge in [0.05, 0.1) is 61.2 Å². The summed E-state index contributed by atoms with van der Waals surface area (Å²) in [5.74, 6) is 1.56. The minimum Gasteiger partial charge on any atom is -0.377 e. The molecule has 0 radical (unpaired) electrons. The van der Waals surface area contributed by atoms with Gasteiger partial charge in [-0.05, 0) is 19.1 Å². The van der Waals surface area contributed by atoms with E-state index in [-0.39, 0.29) is 12.6 Å². The highest BCUT2D eigenvalue weighted by Crippen LogP contribution is 2.34. The second kappa shape index (κ2) is 8.56. The summed E-state index contributed by atoms with van der Waals surface area (Å²) in [5.41, 5.74) is 2.43. The smallest absolute Gasteiger partial charge is 0.190 e. The zero-order chi connectivity index (χ0) is 23.1. The highest BCUT2D eigenvalue weighted by molar-refractivity contribution is 5.92. The van der Waals surface area contributed by atoms with E-state index in [0.29, 0.717) is 32.0 Å². The van der Waals surface area contributed by atoms with Crippen molar-refractivity contribution < 1.29 is 9.13 Å². The average Bonchev–Trinajstić information content (AvgIpc) is 3.54. The monoisotopic (exact) mass is 463 g/mol. The predicted molar refractivity (Wildman–Crippen MR) is 127 cm³/mol. The number of alkyl halides is 1. The number of H-pyrrole nitrogens is 1. The van der Waals surface area contributed by atoms with Gasteiger partial charge in [-0.3, -0.25) is 10.1 Å². The van der Waals surface area contributed by atoms with Crippen molar-refractivity contribution in [1.82, 2.24) is 29.9 Å². The Hall–Kier alpha value is -3.73. The van der Waals surface area contributed by atoms with E-state index in [0.717, 1.165) is 34.9 Å². The van der Waals surface area contributed by atoms with Crippen molar-refractivity contribution in [2.75, 3.05) is 54.1 Å². The van der Waals surface area contributed by atoms with Crippen LogP contribution in [0.1, 0.15) is 6.92 Å². The van der Waals surface area contributed by atoms with E-state index in [2.05, 4.69) is 43.1 Å². The molecule has 2 aliphatic rings. The van der Waals surface area contributed by atoms with Crippen LogP contribution in [0.25, 0.3) is 16.9 Å². The van der Waals surface area contributed by atoms with Gasteiger partial charge in [0, 0.05) is 38.0 Å². The van der Waals surface area contributed by atoms with Crippen LogP contribution >= 0.6 is 0 Å². The van der Waals surface area contributed by atoms with Crippen LogP contribution in [0.2, 0.25) is 0 Å². The first-order valence-corrected chi connectivity index (χ1v) is 11.5. The first kappa shape index (κ1) is 20.8. The van der Waals surface area contributed by atoms with E-state index in [4.69, 9.17) is 9.72 Å². The van der Waals surface area contributed by atoms with E-state index in [1.807, 2.05) is 18.2 Å². The summed E-state index contributed by atoms with van der Waals surface area (Å²) in [6.45, 7) is 5.62. The highest BCUT2D eigenvalue weighted by Gasteiger charge is 2.30. The van der Waals surface area contributed by atoms with Crippen LogP contribution in [0.5, 0.6) is 0 Å². The zero-order valence-electron chi connectivity index (χ0n) is 18.9. The van der Waals surface area contributed by atoms with Gasteiger partial charge in [-0.2, -0.15) is 14.9 Å². The molecule has 10 nitrogen and oxygen atoms in total. The highest BCUT2D eigenvalue weighted by atomic mass is 19.1. The van der Waals surface area contributed by atoms with Crippen LogP contribution < -0.4 is 14.7 Å².